The largest absolute Gasteiger partial charge is 0.465 e. The van der Waals surface area contributed by atoms with Gasteiger partial charge in [-0.05, 0) is 36.8 Å². The lowest BCUT2D eigenvalue weighted by Gasteiger charge is -2.13. The van der Waals surface area contributed by atoms with Gasteiger partial charge in [-0.2, -0.15) is 0 Å². The van der Waals surface area contributed by atoms with Crippen molar-refractivity contribution < 1.29 is 17.9 Å². The molecule has 1 saturated carbocycles. The molecule has 0 aromatic heterocycles. The third-order valence-electron chi connectivity index (χ3n) is 3.60. The normalized spacial score (nSPS) is 16.7. The predicted molar refractivity (Wildman–Crippen MR) is 74.9 cm³/mol. The lowest BCUT2D eigenvalue weighted by Crippen LogP contribution is -2.30. The van der Waals surface area contributed by atoms with Crippen molar-refractivity contribution in [3.05, 3.63) is 29.8 Å². The van der Waals surface area contributed by atoms with E-state index in [0.29, 0.717) is 18.4 Å². The number of sulfonamides is 1. The molecule has 20 heavy (non-hydrogen) atoms. The van der Waals surface area contributed by atoms with E-state index in [-0.39, 0.29) is 10.5 Å². The smallest absolute Gasteiger partial charge is 0.339 e. The van der Waals surface area contributed by atoms with Crippen LogP contribution in [0.5, 0.6) is 0 Å². The fourth-order valence-corrected chi connectivity index (χ4v) is 3.47. The highest BCUT2D eigenvalue weighted by Gasteiger charge is 2.29. The minimum Gasteiger partial charge on any atom is -0.465 e. The van der Waals surface area contributed by atoms with E-state index >= 15 is 0 Å². The SMILES string of the molecule is COC(=O)c1ccccc1S(=O)(=O)NCC(C)C1CC1. The molecule has 1 unspecified atom stereocenters. The molecule has 110 valence electrons. The standard InChI is InChI=1S/C14H19NO4S/c1-10(11-7-8-11)9-15-20(17,18)13-6-4-3-5-12(13)14(16)19-2/h3-6,10-11,15H,7-9H2,1-2H3. The third-order valence-corrected chi connectivity index (χ3v) is 5.09. The van der Waals surface area contributed by atoms with Gasteiger partial charge in [-0.25, -0.2) is 17.9 Å². The number of methoxy groups -OCH3 is 1. The molecule has 0 heterocycles. The topological polar surface area (TPSA) is 72.5 Å². The second kappa shape index (κ2) is 5.93. The summed E-state index contributed by atoms with van der Waals surface area (Å²) in [5.74, 6) is 0.282. The number of rotatable bonds is 6. The minimum absolute atomic E-state index is 0.0325. The number of carbonyl (C=O) groups is 1. The van der Waals surface area contributed by atoms with Gasteiger partial charge in [0.25, 0.3) is 0 Å². The maximum absolute atomic E-state index is 12.3. The quantitative estimate of drug-likeness (QED) is 0.813. The van der Waals surface area contributed by atoms with Crippen LogP contribution in [0.1, 0.15) is 30.1 Å². The highest BCUT2D eigenvalue weighted by atomic mass is 32.2. The van der Waals surface area contributed by atoms with Crippen molar-refractivity contribution in [1.29, 1.82) is 0 Å². The summed E-state index contributed by atoms with van der Waals surface area (Å²) in [7, 11) is -2.47. The van der Waals surface area contributed by atoms with Crippen LogP contribution in [-0.4, -0.2) is 28.0 Å². The Morgan fingerprint density at radius 3 is 2.65 bits per heavy atom. The van der Waals surface area contributed by atoms with Crippen molar-refractivity contribution in [2.45, 2.75) is 24.7 Å². The molecule has 1 aromatic rings. The first-order chi connectivity index (χ1) is 9.45. The predicted octanol–water partition coefficient (Wildman–Crippen LogP) is 1.80. The van der Waals surface area contributed by atoms with E-state index in [9.17, 15) is 13.2 Å². The van der Waals surface area contributed by atoms with E-state index in [1.807, 2.05) is 6.92 Å². The molecule has 5 nitrogen and oxygen atoms in total. The van der Waals surface area contributed by atoms with E-state index < -0.39 is 16.0 Å². The molecule has 1 aliphatic carbocycles. The monoisotopic (exact) mass is 297 g/mol. The summed E-state index contributed by atoms with van der Waals surface area (Å²) >= 11 is 0. The molecule has 2 rings (SSSR count). The van der Waals surface area contributed by atoms with Gasteiger partial charge in [-0.1, -0.05) is 19.1 Å². The van der Waals surface area contributed by atoms with Crippen LogP contribution in [-0.2, 0) is 14.8 Å². The first-order valence-corrected chi connectivity index (χ1v) is 8.11. The Bertz CT molecular complexity index is 593. The van der Waals surface area contributed by atoms with Gasteiger partial charge in [0.1, 0.15) is 0 Å². The van der Waals surface area contributed by atoms with Crippen molar-refractivity contribution in [1.82, 2.24) is 4.72 Å². The van der Waals surface area contributed by atoms with Crippen molar-refractivity contribution in [3.8, 4) is 0 Å². The maximum Gasteiger partial charge on any atom is 0.339 e. The Morgan fingerprint density at radius 1 is 1.40 bits per heavy atom. The van der Waals surface area contributed by atoms with Gasteiger partial charge in [0.2, 0.25) is 10.0 Å². The van der Waals surface area contributed by atoms with Crippen LogP contribution in [0.4, 0.5) is 0 Å². The summed E-state index contributed by atoms with van der Waals surface area (Å²) in [6.07, 6.45) is 2.34. The zero-order valence-corrected chi connectivity index (χ0v) is 12.4. The van der Waals surface area contributed by atoms with Gasteiger partial charge >= 0.3 is 5.97 Å². The second-order valence-corrected chi connectivity index (χ2v) is 6.89. The van der Waals surface area contributed by atoms with Crippen LogP contribution >= 0.6 is 0 Å². The number of nitrogens with one attached hydrogen (secondary N) is 1. The Hall–Kier alpha value is -1.40. The number of benzene rings is 1. The number of ether oxygens (including phenoxy) is 1. The molecule has 6 heteroatoms. The van der Waals surface area contributed by atoms with Gasteiger partial charge in [0, 0.05) is 6.54 Å². The fraction of sp³-hybridized carbons (Fsp3) is 0.500. The Kier molecular flexibility index (Phi) is 4.45. The molecule has 1 N–H and O–H groups in total. The highest BCUT2D eigenvalue weighted by Crippen LogP contribution is 2.36. The van der Waals surface area contributed by atoms with E-state index in [4.69, 9.17) is 0 Å². The Labute approximate surface area is 119 Å². The van der Waals surface area contributed by atoms with Crippen LogP contribution in [0.3, 0.4) is 0 Å². The fourth-order valence-electron chi connectivity index (χ4n) is 2.13. The average Bonchev–Trinajstić information content (AvgIpc) is 3.28. The molecule has 0 aliphatic heterocycles. The number of hydrogen-bond donors (Lipinski definition) is 1. The van der Waals surface area contributed by atoms with Crippen molar-refractivity contribution in [2.24, 2.45) is 11.8 Å². The summed E-state index contributed by atoms with van der Waals surface area (Å²) < 4.78 is 31.8. The lowest BCUT2D eigenvalue weighted by atomic mass is 10.1. The van der Waals surface area contributed by atoms with Crippen LogP contribution < -0.4 is 4.72 Å². The number of esters is 1. The number of hydrogen-bond acceptors (Lipinski definition) is 4. The summed E-state index contributed by atoms with van der Waals surface area (Å²) in [5, 5.41) is 0. The zero-order valence-electron chi connectivity index (χ0n) is 11.6. The molecular formula is C14H19NO4S. The molecule has 1 atom stereocenters. The molecule has 0 spiro atoms. The zero-order chi connectivity index (χ0) is 14.8. The Balaban J connectivity index is 2.18. The molecule has 0 bridgehead atoms. The Morgan fingerprint density at radius 2 is 2.05 bits per heavy atom. The third kappa shape index (κ3) is 3.37. The maximum atomic E-state index is 12.3. The van der Waals surface area contributed by atoms with E-state index in [1.54, 1.807) is 12.1 Å². The summed E-state index contributed by atoms with van der Waals surface area (Å²) in [5.41, 5.74) is 0.0570. The van der Waals surface area contributed by atoms with Crippen LogP contribution in [0.2, 0.25) is 0 Å². The van der Waals surface area contributed by atoms with Gasteiger partial charge < -0.3 is 4.74 Å². The van der Waals surface area contributed by atoms with E-state index in [2.05, 4.69) is 9.46 Å². The van der Waals surface area contributed by atoms with E-state index in [0.717, 1.165) is 0 Å². The molecule has 1 aliphatic rings. The summed E-state index contributed by atoms with van der Waals surface area (Å²) in [6, 6.07) is 6.06. The molecule has 0 saturated heterocycles. The van der Waals surface area contributed by atoms with Gasteiger partial charge in [-0.15, -0.1) is 0 Å². The van der Waals surface area contributed by atoms with Crippen LogP contribution in [0, 0.1) is 11.8 Å². The van der Waals surface area contributed by atoms with Crippen molar-refractivity contribution >= 4 is 16.0 Å². The molecule has 0 amide bonds. The van der Waals surface area contributed by atoms with Crippen molar-refractivity contribution in [2.75, 3.05) is 13.7 Å². The van der Waals surface area contributed by atoms with Crippen LogP contribution in [0.15, 0.2) is 29.2 Å². The first-order valence-electron chi connectivity index (χ1n) is 6.62. The average molecular weight is 297 g/mol. The molecule has 0 radical (unpaired) electrons. The highest BCUT2D eigenvalue weighted by molar-refractivity contribution is 7.89. The molecule has 1 aromatic carbocycles. The lowest BCUT2D eigenvalue weighted by molar-refractivity contribution is 0.0596. The summed E-state index contributed by atoms with van der Waals surface area (Å²) in [4.78, 5) is 11.6. The van der Waals surface area contributed by atoms with E-state index in [1.165, 1.54) is 32.1 Å². The van der Waals surface area contributed by atoms with Gasteiger partial charge in [-0.3, -0.25) is 0 Å². The molecule has 1 fully saturated rings. The van der Waals surface area contributed by atoms with Crippen molar-refractivity contribution in [3.63, 3.8) is 0 Å². The van der Waals surface area contributed by atoms with Gasteiger partial charge in [0.05, 0.1) is 17.6 Å². The first kappa shape index (κ1) is 15.0. The van der Waals surface area contributed by atoms with Crippen LogP contribution in [0.25, 0.3) is 0 Å². The minimum atomic E-state index is -3.70. The molecular weight excluding hydrogens is 278 g/mol. The number of carbonyl (C=O) groups excluding carboxylic acids is 1. The summed E-state index contributed by atoms with van der Waals surface area (Å²) in [6.45, 7) is 2.43. The second-order valence-electron chi connectivity index (χ2n) is 5.15. The van der Waals surface area contributed by atoms with Gasteiger partial charge in [0.15, 0.2) is 0 Å².